The maximum atomic E-state index is 6.44. The van der Waals surface area contributed by atoms with Crippen molar-refractivity contribution < 1.29 is 4.42 Å². The average molecular weight is 251 g/mol. The van der Waals surface area contributed by atoms with Gasteiger partial charge in [-0.3, -0.25) is 0 Å². The molecule has 1 aromatic heterocycles. The summed E-state index contributed by atoms with van der Waals surface area (Å²) in [5, 5.41) is 2.44. The van der Waals surface area contributed by atoms with E-state index < -0.39 is 0 Å². The molecular weight excluding hydrogens is 234 g/mol. The Hall–Kier alpha value is -2.06. The summed E-state index contributed by atoms with van der Waals surface area (Å²) in [4.78, 5) is 0. The first-order valence-electron chi connectivity index (χ1n) is 6.45. The summed E-state index contributed by atoms with van der Waals surface area (Å²) < 4.78 is 5.38. The molecule has 3 rings (SSSR count). The molecule has 0 saturated carbocycles. The van der Waals surface area contributed by atoms with Crippen molar-refractivity contribution in [3.63, 3.8) is 0 Å². The van der Waals surface area contributed by atoms with Crippen molar-refractivity contribution >= 4 is 10.8 Å². The molecule has 0 radical (unpaired) electrons. The third-order valence-electron chi connectivity index (χ3n) is 3.61. The lowest BCUT2D eigenvalue weighted by molar-refractivity contribution is 0.530. The lowest BCUT2D eigenvalue weighted by Crippen LogP contribution is -2.13. The van der Waals surface area contributed by atoms with Crippen LogP contribution in [0.15, 0.2) is 53.1 Å². The van der Waals surface area contributed by atoms with Crippen LogP contribution in [-0.4, -0.2) is 0 Å². The minimum Gasteiger partial charge on any atom is -0.469 e. The van der Waals surface area contributed by atoms with Crippen molar-refractivity contribution in [2.24, 2.45) is 5.73 Å². The fourth-order valence-corrected chi connectivity index (χ4v) is 2.61. The van der Waals surface area contributed by atoms with Gasteiger partial charge in [-0.1, -0.05) is 36.4 Å². The maximum absolute atomic E-state index is 6.44. The van der Waals surface area contributed by atoms with Crippen LogP contribution in [0.4, 0.5) is 0 Å². The predicted molar refractivity (Wildman–Crippen MR) is 78.2 cm³/mol. The number of benzene rings is 2. The van der Waals surface area contributed by atoms with Crippen LogP contribution in [0, 0.1) is 13.8 Å². The molecule has 3 aromatic rings. The number of nitrogens with two attached hydrogens (primary N) is 1. The molecule has 0 saturated heterocycles. The molecule has 0 amide bonds. The van der Waals surface area contributed by atoms with Crippen LogP contribution in [0.25, 0.3) is 10.8 Å². The quantitative estimate of drug-likeness (QED) is 0.744. The molecule has 1 atom stereocenters. The van der Waals surface area contributed by atoms with Crippen molar-refractivity contribution in [1.29, 1.82) is 0 Å². The van der Waals surface area contributed by atoms with Gasteiger partial charge >= 0.3 is 0 Å². The monoisotopic (exact) mass is 251 g/mol. The highest BCUT2D eigenvalue weighted by atomic mass is 16.3. The Labute approximate surface area is 112 Å². The zero-order valence-corrected chi connectivity index (χ0v) is 11.2. The van der Waals surface area contributed by atoms with Gasteiger partial charge in [0.25, 0.3) is 0 Å². The fraction of sp³-hybridized carbons (Fsp3) is 0.176. The molecule has 1 unspecified atom stereocenters. The van der Waals surface area contributed by atoms with Gasteiger partial charge < -0.3 is 10.2 Å². The van der Waals surface area contributed by atoms with Crippen LogP contribution in [0.2, 0.25) is 0 Å². The summed E-state index contributed by atoms with van der Waals surface area (Å²) in [6.45, 7) is 4.04. The normalized spacial score (nSPS) is 12.8. The smallest absolute Gasteiger partial charge is 0.101 e. The SMILES string of the molecule is Cc1cc(C(N)c2c(C)ccc3ccccc23)co1. The molecule has 0 aliphatic heterocycles. The van der Waals surface area contributed by atoms with Gasteiger partial charge in [-0.15, -0.1) is 0 Å². The van der Waals surface area contributed by atoms with Crippen LogP contribution < -0.4 is 5.73 Å². The van der Waals surface area contributed by atoms with E-state index in [2.05, 4.69) is 43.3 Å². The number of furan rings is 1. The molecular formula is C17H17NO. The Morgan fingerprint density at radius 2 is 1.84 bits per heavy atom. The van der Waals surface area contributed by atoms with Gasteiger partial charge in [-0.2, -0.15) is 0 Å². The van der Waals surface area contributed by atoms with Gasteiger partial charge in [-0.05, 0) is 41.8 Å². The molecule has 2 nitrogen and oxygen atoms in total. The van der Waals surface area contributed by atoms with E-state index in [9.17, 15) is 0 Å². The second kappa shape index (κ2) is 4.56. The first kappa shape index (κ1) is 12.0. The molecule has 2 N–H and O–H groups in total. The Morgan fingerprint density at radius 1 is 1.05 bits per heavy atom. The summed E-state index contributed by atoms with van der Waals surface area (Å²) in [6, 6.07) is 14.5. The highest BCUT2D eigenvalue weighted by molar-refractivity contribution is 5.87. The lowest BCUT2D eigenvalue weighted by atomic mass is 9.92. The van der Waals surface area contributed by atoms with E-state index in [-0.39, 0.29) is 6.04 Å². The number of aryl methyl sites for hydroxylation is 2. The first-order valence-corrected chi connectivity index (χ1v) is 6.45. The van der Waals surface area contributed by atoms with Crippen molar-refractivity contribution in [2.45, 2.75) is 19.9 Å². The Morgan fingerprint density at radius 3 is 2.58 bits per heavy atom. The van der Waals surface area contributed by atoms with E-state index in [0.29, 0.717) is 0 Å². The van der Waals surface area contributed by atoms with E-state index in [1.807, 2.05) is 13.0 Å². The molecule has 96 valence electrons. The minimum atomic E-state index is -0.149. The third kappa shape index (κ3) is 2.04. The Bertz CT molecular complexity index is 727. The van der Waals surface area contributed by atoms with Gasteiger partial charge in [0.1, 0.15) is 5.76 Å². The fourth-order valence-electron chi connectivity index (χ4n) is 2.61. The third-order valence-corrected chi connectivity index (χ3v) is 3.61. The lowest BCUT2D eigenvalue weighted by Gasteiger charge is -2.16. The summed E-state index contributed by atoms with van der Waals surface area (Å²) >= 11 is 0. The van der Waals surface area contributed by atoms with Crippen LogP contribution in [0.3, 0.4) is 0 Å². The molecule has 0 aliphatic rings. The molecule has 1 heterocycles. The molecule has 0 fully saturated rings. The molecule has 0 spiro atoms. The van der Waals surface area contributed by atoms with E-state index in [1.54, 1.807) is 6.26 Å². The maximum Gasteiger partial charge on any atom is 0.101 e. The summed E-state index contributed by atoms with van der Waals surface area (Å²) in [5.41, 5.74) is 9.85. The second-order valence-electron chi connectivity index (χ2n) is 4.99. The largest absolute Gasteiger partial charge is 0.469 e. The molecule has 2 heteroatoms. The molecule has 0 aliphatic carbocycles. The van der Waals surface area contributed by atoms with Gasteiger partial charge in [0.2, 0.25) is 0 Å². The van der Waals surface area contributed by atoms with Crippen LogP contribution >= 0.6 is 0 Å². The number of fused-ring (bicyclic) bond motifs is 1. The van der Waals surface area contributed by atoms with Gasteiger partial charge in [0, 0.05) is 5.56 Å². The number of hydrogen-bond donors (Lipinski definition) is 1. The highest BCUT2D eigenvalue weighted by Gasteiger charge is 2.16. The van der Waals surface area contributed by atoms with Crippen LogP contribution in [-0.2, 0) is 0 Å². The molecule has 19 heavy (non-hydrogen) atoms. The van der Waals surface area contributed by atoms with Crippen molar-refractivity contribution in [3.8, 4) is 0 Å². The minimum absolute atomic E-state index is 0.149. The van der Waals surface area contributed by atoms with E-state index in [4.69, 9.17) is 10.2 Å². The van der Waals surface area contributed by atoms with E-state index in [1.165, 1.54) is 21.9 Å². The summed E-state index contributed by atoms with van der Waals surface area (Å²) in [7, 11) is 0. The van der Waals surface area contributed by atoms with E-state index in [0.717, 1.165) is 11.3 Å². The van der Waals surface area contributed by atoms with Crippen molar-refractivity contribution in [1.82, 2.24) is 0 Å². The topological polar surface area (TPSA) is 39.2 Å². The highest BCUT2D eigenvalue weighted by Crippen LogP contribution is 2.30. The first-order chi connectivity index (χ1) is 9.16. The second-order valence-corrected chi connectivity index (χ2v) is 4.99. The zero-order chi connectivity index (χ0) is 13.4. The van der Waals surface area contributed by atoms with Crippen molar-refractivity contribution in [3.05, 3.63) is 71.2 Å². The van der Waals surface area contributed by atoms with Crippen LogP contribution in [0.5, 0.6) is 0 Å². The Balaban J connectivity index is 2.21. The standard InChI is InChI=1S/C17H17NO/c1-11-7-8-13-5-3-4-6-15(13)16(11)17(18)14-9-12(2)19-10-14/h3-10,17H,18H2,1-2H3. The van der Waals surface area contributed by atoms with Crippen LogP contribution in [0.1, 0.15) is 28.5 Å². The zero-order valence-electron chi connectivity index (χ0n) is 11.2. The van der Waals surface area contributed by atoms with Gasteiger partial charge in [0.05, 0.1) is 12.3 Å². The predicted octanol–water partition coefficient (Wildman–Crippen LogP) is 4.10. The van der Waals surface area contributed by atoms with Gasteiger partial charge in [0.15, 0.2) is 0 Å². The van der Waals surface area contributed by atoms with E-state index >= 15 is 0 Å². The van der Waals surface area contributed by atoms with Crippen molar-refractivity contribution in [2.75, 3.05) is 0 Å². The number of hydrogen-bond acceptors (Lipinski definition) is 2. The summed E-state index contributed by atoms with van der Waals surface area (Å²) in [5.74, 6) is 0.892. The number of rotatable bonds is 2. The summed E-state index contributed by atoms with van der Waals surface area (Å²) in [6.07, 6.45) is 1.75. The molecule has 2 aromatic carbocycles. The Kier molecular flexibility index (Phi) is 2.88. The molecule has 0 bridgehead atoms. The average Bonchev–Trinajstić information content (AvgIpc) is 2.85. The van der Waals surface area contributed by atoms with Gasteiger partial charge in [-0.25, -0.2) is 0 Å².